The normalized spacial score (nSPS) is 11.5. The molecule has 0 unspecified atom stereocenters. The first-order valence-corrected chi connectivity index (χ1v) is 17.6. The summed E-state index contributed by atoms with van der Waals surface area (Å²) in [6.45, 7) is 0. The average Bonchev–Trinajstić information content (AvgIpc) is 3.21. The standard InChI is InChI=1S/C50H33N/c1-3-21-41-34(13-1)15-11-27-42(41)38-19-9-17-36(31-38)37-18-10-20-39(32-37)51(50-28-12-16-35-14-2-4-22-43(35)50)40-29-30-48-46-25-6-5-23-44(46)45-24-7-8-26-47(45)49(48)33-40/h1-33H. The third-order valence-corrected chi connectivity index (χ3v) is 10.4. The molecule has 0 saturated heterocycles. The molecule has 0 aliphatic carbocycles. The number of rotatable bonds is 5. The van der Waals surface area contributed by atoms with Crippen molar-refractivity contribution >= 4 is 70.9 Å². The Kier molecular flexibility index (Phi) is 6.89. The molecule has 0 radical (unpaired) electrons. The number of benzene rings is 10. The maximum absolute atomic E-state index is 2.43. The molecule has 0 aliphatic rings. The summed E-state index contributed by atoms with van der Waals surface area (Å²) in [4.78, 5) is 2.43. The Morgan fingerprint density at radius 1 is 0.255 bits per heavy atom. The number of fused-ring (bicyclic) bond motifs is 8. The van der Waals surface area contributed by atoms with Gasteiger partial charge in [0, 0.05) is 16.8 Å². The number of anilines is 3. The van der Waals surface area contributed by atoms with Gasteiger partial charge in [-0.15, -0.1) is 0 Å². The molecule has 0 fully saturated rings. The van der Waals surface area contributed by atoms with Crippen LogP contribution >= 0.6 is 0 Å². The number of hydrogen-bond donors (Lipinski definition) is 0. The van der Waals surface area contributed by atoms with Crippen LogP contribution in [0.15, 0.2) is 200 Å². The predicted molar refractivity (Wildman–Crippen MR) is 220 cm³/mol. The minimum atomic E-state index is 1.11. The lowest BCUT2D eigenvalue weighted by atomic mass is 9.93. The summed E-state index contributed by atoms with van der Waals surface area (Å²) in [5.41, 5.74) is 8.23. The Morgan fingerprint density at radius 3 is 1.45 bits per heavy atom. The lowest BCUT2D eigenvalue weighted by Crippen LogP contribution is -2.10. The Morgan fingerprint density at radius 2 is 0.725 bits per heavy atom. The van der Waals surface area contributed by atoms with E-state index in [4.69, 9.17) is 0 Å². The van der Waals surface area contributed by atoms with Crippen LogP contribution < -0.4 is 4.90 Å². The molecule has 0 aromatic heterocycles. The monoisotopic (exact) mass is 647 g/mol. The summed E-state index contributed by atoms with van der Waals surface area (Å²) in [7, 11) is 0. The highest BCUT2D eigenvalue weighted by Gasteiger charge is 2.18. The van der Waals surface area contributed by atoms with Crippen molar-refractivity contribution < 1.29 is 0 Å². The van der Waals surface area contributed by atoms with E-state index in [1.165, 1.54) is 76.1 Å². The van der Waals surface area contributed by atoms with E-state index >= 15 is 0 Å². The molecule has 0 spiro atoms. The van der Waals surface area contributed by atoms with Crippen LogP contribution in [-0.2, 0) is 0 Å². The van der Waals surface area contributed by atoms with Gasteiger partial charge >= 0.3 is 0 Å². The Labute approximate surface area is 297 Å². The minimum absolute atomic E-state index is 1.11. The lowest BCUT2D eigenvalue weighted by Gasteiger charge is -2.28. The Hall–Kier alpha value is -6.70. The van der Waals surface area contributed by atoms with E-state index in [0.29, 0.717) is 0 Å². The van der Waals surface area contributed by atoms with E-state index in [1.54, 1.807) is 0 Å². The average molecular weight is 648 g/mol. The topological polar surface area (TPSA) is 3.24 Å². The molecule has 1 heteroatoms. The molecule has 238 valence electrons. The van der Waals surface area contributed by atoms with Gasteiger partial charge in [0.15, 0.2) is 0 Å². The molecule has 1 nitrogen and oxygen atoms in total. The van der Waals surface area contributed by atoms with Gasteiger partial charge in [-0.05, 0) is 107 Å². The third-order valence-electron chi connectivity index (χ3n) is 10.4. The van der Waals surface area contributed by atoms with Gasteiger partial charge in [0.05, 0.1) is 5.69 Å². The zero-order chi connectivity index (χ0) is 33.7. The van der Waals surface area contributed by atoms with Crippen molar-refractivity contribution in [3.05, 3.63) is 200 Å². The van der Waals surface area contributed by atoms with Crippen molar-refractivity contribution in [2.75, 3.05) is 4.90 Å². The second-order valence-electron chi connectivity index (χ2n) is 13.3. The van der Waals surface area contributed by atoms with E-state index in [1.807, 2.05) is 0 Å². The van der Waals surface area contributed by atoms with Crippen molar-refractivity contribution in [1.82, 2.24) is 0 Å². The van der Waals surface area contributed by atoms with Crippen molar-refractivity contribution in [2.24, 2.45) is 0 Å². The van der Waals surface area contributed by atoms with Crippen molar-refractivity contribution in [2.45, 2.75) is 0 Å². The molecule has 0 N–H and O–H groups in total. The van der Waals surface area contributed by atoms with Crippen LogP contribution in [0.25, 0.3) is 76.1 Å². The molecule has 10 aromatic carbocycles. The van der Waals surface area contributed by atoms with Crippen LogP contribution in [0.1, 0.15) is 0 Å². The van der Waals surface area contributed by atoms with Gasteiger partial charge in [0.2, 0.25) is 0 Å². The molecule has 10 rings (SSSR count). The molecule has 10 aromatic rings. The molecule has 0 heterocycles. The van der Waals surface area contributed by atoms with Gasteiger partial charge in [-0.3, -0.25) is 0 Å². The van der Waals surface area contributed by atoms with E-state index in [2.05, 4.69) is 205 Å². The SMILES string of the molecule is c1cc(-c2cccc(N(c3ccc4c5ccccc5c5ccccc5c4c3)c3cccc4ccccc34)c2)cc(-c2cccc3ccccc23)c1. The van der Waals surface area contributed by atoms with Gasteiger partial charge in [0.25, 0.3) is 0 Å². The zero-order valence-electron chi connectivity index (χ0n) is 28.0. The van der Waals surface area contributed by atoms with Gasteiger partial charge in [-0.25, -0.2) is 0 Å². The maximum Gasteiger partial charge on any atom is 0.0540 e. The fourth-order valence-electron chi connectivity index (χ4n) is 8.03. The van der Waals surface area contributed by atoms with Crippen LogP contribution in [0.3, 0.4) is 0 Å². The molecule has 51 heavy (non-hydrogen) atoms. The predicted octanol–water partition coefficient (Wildman–Crippen LogP) is 14.3. The van der Waals surface area contributed by atoms with E-state index in [0.717, 1.165) is 17.1 Å². The van der Waals surface area contributed by atoms with Gasteiger partial charge in [0.1, 0.15) is 0 Å². The zero-order valence-corrected chi connectivity index (χ0v) is 28.0. The third kappa shape index (κ3) is 4.94. The fourth-order valence-corrected chi connectivity index (χ4v) is 8.03. The largest absolute Gasteiger partial charge is 0.310 e. The highest BCUT2D eigenvalue weighted by molar-refractivity contribution is 6.26. The van der Waals surface area contributed by atoms with Gasteiger partial charge in [-0.2, -0.15) is 0 Å². The fraction of sp³-hybridized carbons (Fsp3) is 0. The van der Waals surface area contributed by atoms with Crippen LogP contribution in [0.2, 0.25) is 0 Å². The molecule has 0 aliphatic heterocycles. The first-order valence-electron chi connectivity index (χ1n) is 17.6. The second kappa shape index (κ2) is 12.0. The summed E-state index contributed by atoms with van der Waals surface area (Å²) < 4.78 is 0. The van der Waals surface area contributed by atoms with E-state index in [-0.39, 0.29) is 0 Å². The molecule has 0 saturated carbocycles. The summed E-state index contributed by atoms with van der Waals surface area (Å²) in [6, 6.07) is 73.1. The molecular weight excluding hydrogens is 615 g/mol. The summed E-state index contributed by atoms with van der Waals surface area (Å²) in [6.07, 6.45) is 0. The quantitative estimate of drug-likeness (QED) is 0.168. The van der Waals surface area contributed by atoms with Crippen molar-refractivity contribution in [3.63, 3.8) is 0 Å². The van der Waals surface area contributed by atoms with E-state index in [9.17, 15) is 0 Å². The minimum Gasteiger partial charge on any atom is -0.310 e. The highest BCUT2D eigenvalue weighted by atomic mass is 15.1. The first-order chi connectivity index (χ1) is 25.3. The number of hydrogen-bond acceptors (Lipinski definition) is 1. The van der Waals surface area contributed by atoms with Crippen LogP contribution in [-0.4, -0.2) is 0 Å². The lowest BCUT2D eigenvalue weighted by molar-refractivity contribution is 1.30. The van der Waals surface area contributed by atoms with Crippen LogP contribution in [0, 0.1) is 0 Å². The first kappa shape index (κ1) is 29.2. The van der Waals surface area contributed by atoms with E-state index < -0.39 is 0 Å². The van der Waals surface area contributed by atoms with Crippen LogP contribution in [0.4, 0.5) is 17.1 Å². The van der Waals surface area contributed by atoms with Gasteiger partial charge < -0.3 is 4.90 Å². The van der Waals surface area contributed by atoms with Crippen molar-refractivity contribution in [3.8, 4) is 22.3 Å². The van der Waals surface area contributed by atoms with Gasteiger partial charge in [-0.1, -0.05) is 164 Å². The summed E-state index contributed by atoms with van der Waals surface area (Å²) in [5.74, 6) is 0. The Balaban J connectivity index is 1.18. The molecule has 0 bridgehead atoms. The molecule has 0 amide bonds. The van der Waals surface area contributed by atoms with Crippen LogP contribution in [0.5, 0.6) is 0 Å². The second-order valence-corrected chi connectivity index (χ2v) is 13.3. The highest BCUT2D eigenvalue weighted by Crippen LogP contribution is 2.43. The smallest absolute Gasteiger partial charge is 0.0540 e. The molecule has 0 atom stereocenters. The number of nitrogens with zero attached hydrogens (tertiary/aromatic N) is 1. The summed E-state index contributed by atoms with van der Waals surface area (Å²) in [5, 5.41) is 12.6. The molecular formula is C50H33N. The Bertz CT molecular complexity index is 2890. The maximum atomic E-state index is 2.43. The van der Waals surface area contributed by atoms with Crippen molar-refractivity contribution in [1.29, 1.82) is 0 Å². The summed E-state index contributed by atoms with van der Waals surface area (Å²) >= 11 is 0.